The van der Waals surface area contributed by atoms with E-state index in [2.05, 4.69) is 47.8 Å². The Bertz CT molecular complexity index is 2100. The molecule has 2 amide bonds. The van der Waals surface area contributed by atoms with Crippen molar-refractivity contribution < 1.29 is 49.3 Å². The molecule has 1 aromatic heterocycles. The molecule has 4 aromatic rings. The van der Waals surface area contributed by atoms with Crippen LogP contribution in [0.2, 0.25) is 23.7 Å². The van der Waals surface area contributed by atoms with E-state index in [4.69, 9.17) is 25.8 Å². The van der Waals surface area contributed by atoms with Crippen molar-refractivity contribution >= 4 is 48.1 Å². The number of anilines is 2. The van der Waals surface area contributed by atoms with Gasteiger partial charge in [0.25, 0.3) is 11.8 Å². The molecule has 0 unspecified atom stereocenters. The number of rotatable bonds is 12. The molecule has 0 aliphatic carbocycles. The van der Waals surface area contributed by atoms with E-state index in [0.29, 0.717) is 52.6 Å². The number of fused-ring (bicyclic) bond motifs is 2. The number of hydrogen-bond acceptors (Lipinski definition) is 12. The predicted molar refractivity (Wildman–Crippen MR) is 212 cm³/mol. The lowest BCUT2D eigenvalue weighted by Crippen LogP contribution is -2.60. The molecule has 15 nitrogen and oxygen atoms in total. The number of nitrogens with zero attached hydrogens (tertiary/aromatic N) is 4. The van der Waals surface area contributed by atoms with Crippen LogP contribution in [0.25, 0.3) is 0 Å². The maximum absolute atomic E-state index is 15.2. The highest BCUT2D eigenvalue weighted by Gasteiger charge is 2.66. The minimum absolute atomic E-state index is 0.0327. The molecule has 4 heterocycles. The number of hydrogen-bond donors (Lipinski definition) is 6. The maximum Gasteiger partial charge on any atom is 0.264 e. The third-order valence-electron chi connectivity index (χ3n) is 11.8. The van der Waals surface area contributed by atoms with Gasteiger partial charge in [-0.1, -0.05) is 66.3 Å². The molecule has 6 N–H and O–H groups in total. The number of nitrogens with one attached hydrogen (secondary N) is 1. The lowest BCUT2D eigenvalue weighted by Gasteiger charge is -2.37. The minimum Gasteiger partial charge on any atom is -0.497 e. The number of methoxy groups -OCH3 is 1. The largest absolute Gasteiger partial charge is 0.497 e. The van der Waals surface area contributed by atoms with Gasteiger partial charge in [-0.15, -0.1) is 5.10 Å². The second-order valence-electron chi connectivity index (χ2n) is 15.6. The number of carbonyl (C=O) groups is 2. The van der Waals surface area contributed by atoms with Gasteiger partial charge in [0.1, 0.15) is 24.1 Å². The number of carbonyl (C=O) groups excluding carboxylic acids is 2. The van der Waals surface area contributed by atoms with Gasteiger partial charge in [-0.25, -0.2) is 0 Å². The first-order chi connectivity index (χ1) is 27.2. The van der Waals surface area contributed by atoms with Gasteiger partial charge < -0.3 is 50.0 Å². The highest BCUT2D eigenvalue weighted by Crippen LogP contribution is 2.60. The van der Waals surface area contributed by atoms with Crippen molar-refractivity contribution in [3.8, 4) is 5.75 Å². The van der Waals surface area contributed by atoms with Crippen molar-refractivity contribution in [2.45, 2.75) is 93.9 Å². The van der Waals surface area contributed by atoms with Crippen LogP contribution in [0.5, 0.6) is 5.75 Å². The van der Waals surface area contributed by atoms with E-state index < -0.39 is 50.3 Å². The molecule has 2 fully saturated rings. The molecule has 57 heavy (non-hydrogen) atoms. The highest BCUT2D eigenvalue weighted by molar-refractivity contribution is 6.91. The fourth-order valence-corrected chi connectivity index (χ4v) is 13.1. The molecule has 3 aliphatic rings. The van der Waals surface area contributed by atoms with E-state index in [-0.39, 0.29) is 36.6 Å². The molecule has 9 atom stereocenters. The molecule has 3 aliphatic heterocycles. The molecular formula is C40H48ClN5O10Si. The number of amides is 2. The number of aliphatic hydroxyl groups is 5. The number of aromatic nitrogens is 3. The van der Waals surface area contributed by atoms with Gasteiger partial charge in [-0.3, -0.25) is 14.3 Å². The zero-order valence-corrected chi connectivity index (χ0v) is 33.8. The van der Waals surface area contributed by atoms with Crippen molar-refractivity contribution in [3.63, 3.8) is 0 Å². The van der Waals surface area contributed by atoms with Gasteiger partial charge in [0.15, 0.2) is 18.0 Å². The van der Waals surface area contributed by atoms with Crippen LogP contribution in [-0.4, -0.2) is 111 Å². The Kier molecular flexibility index (Phi) is 11.6. The fourth-order valence-electron chi connectivity index (χ4n) is 8.87. The molecule has 7 rings (SSSR count). The van der Waals surface area contributed by atoms with E-state index in [0.717, 1.165) is 5.75 Å². The van der Waals surface area contributed by atoms with Gasteiger partial charge in [0.2, 0.25) is 0 Å². The molecule has 0 saturated carbocycles. The molecule has 2 saturated heterocycles. The number of halogens is 1. The fraction of sp³-hybridized carbons (Fsp3) is 0.450. The van der Waals surface area contributed by atoms with Crippen molar-refractivity contribution in [2.24, 2.45) is 5.92 Å². The Hall–Kier alpha value is -4.23. The van der Waals surface area contributed by atoms with E-state index in [9.17, 15) is 30.3 Å². The molecule has 304 valence electrons. The summed E-state index contributed by atoms with van der Waals surface area (Å²) in [5.41, 5.74) is 1.58. The van der Waals surface area contributed by atoms with Crippen LogP contribution in [-0.2, 0) is 44.2 Å². The SMILES string of the molecule is COc1ccc([Si](C)(C)[C@H]2[C@H](CCn3cc(CCO)nn3)O[C@@]3(C(=O)N(Cc4cccc(NC(=O)[C@H]5O[C@@H](O)[C@H](O)[C@@H](O)[C@@H]5O)c4)c4ccc(Cl)cc43)[C@@H]2C)cc1. The smallest absolute Gasteiger partial charge is 0.264 e. The minimum atomic E-state index is -2.44. The van der Waals surface area contributed by atoms with Gasteiger partial charge in [-0.2, -0.15) is 0 Å². The Balaban J connectivity index is 1.20. The molecule has 17 heteroatoms. The van der Waals surface area contributed by atoms with Crippen molar-refractivity contribution in [2.75, 3.05) is 23.9 Å². The lowest BCUT2D eigenvalue weighted by atomic mass is 9.82. The normalized spacial score (nSPS) is 28.5. The van der Waals surface area contributed by atoms with Crippen molar-refractivity contribution in [1.82, 2.24) is 15.0 Å². The van der Waals surface area contributed by atoms with Crippen LogP contribution in [0.4, 0.5) is 11.4 Å². The molecule has 0 bridgehead atoms. The summed E-state index contributed by atoms with van der Waals surface area (Å²) in [4.78, 5) is 30.0. The van der Waals surface area contributed by atoms with Crippen LogP contribution in [0.1, 0.15) is 30.2 Å². The Morgan fingerprint density at radius 3 is 2.51 bits per heavy atom. The monoisotopic (exact) mass is 821 g/mol. The lowest BCUT2D eigenvalue weighted by molar-refractivity contribution is -0.274. The van der Waals surface area contributed by atoms with Crippen LogP contribution >= 0.6 is 11.6 Å². The summed E-state index contributed by atoms with van der Waals surface area (Å²) in [6.07, 6.45) is -6.49. The summed E-state index contributed by atoms with van der Waals surface area (Å²) in [5, 5.41) is 62.4. The maximum atomic E-state index is 15.2. The molecular weight excluding hydrogens is 774 g/mol. The van der Waals surface area contributed by atoms with Crippen LogP contribution in [0.15, 0.2) is 72.9 Å². The van der Waals surface area contributed by atoms with Crippen LogP contribution in [0.3, 0.4) is 0 Å². The van der Waals surface area contributed by atoms with E-state index in [1.54, 1.807) is 41.0 Å². The first-order valence-corrected chi connectivity index (χ1v) is 22.4. The predicted octanol–water partition coefficient (Wildman–Crippen LogP) is 2.07. The van der Waals surface area contributed by atoms with Crippen molar-refractivity contribution in [1.29, 1.82) is 0 Å². The second-order valence-corrected chi connectivity index (χ2v) is 20.7. The van der Waals surface area contributed by atoms with Crippen LogP contribution < -0.4 is 20.1 Å². The first-order valence-electron chi connectivity index (χ1n) is 18.9. The Morgan fingerprint density at radius 1 is 1.04 bits per heavy atom. The molecule has 1 spiro atoms. The summed E-state index contributed by atoms with van der Waals surface area (Å²) in [6, 6.07) is 20.3. The summed E-state index contributed by atoms with van der Waals surface area (Å²) in [5.74, 6) is -0.619. The van der Waals surface area contributed by atoms with Crippen molar-refractivity contribution in [3.05, 3.63) is 94.8 Å². The molecule has 3 aromatic carbocycles. The van der Waals surface area contributed by atoms with Gasteiger partial charge in [-0.05, 0) is 60.0 Å². The number of aliphatic hydroxyl groups excluding tert-OH is 5. The second kappa shape index (κ2) is 16.2. The Labute approximate surface area is 335 Å². The number of benzene rings is 3. The summed E-state index contributed by atoms with van der Waals surface area (Å²) in [7, 11) is -0.805. The quantitative estimate of drug-likeness (QED) is 0.114. The standard InChI is InChI=1S/C40H48ClN5O10Si/c1-22-36(57(3,4)28-11-9-27(54-2)10-12-28)31(14-16-45-21-26(15-17-47)43-44-45)56-40(22)29-19-24(41)8-13-30(29)46(39(40)53)20-23-6-5-7-25(18-23)42-37(51)35-33(49)32(48)34(50)38(52)55-35/h5-13,18-19,21-22,31-36,38,47-50,52H,14-17,20H2,1-4H3,(H,42,51)/t22-,31+,32+,33+,34-,35+,36-,38-,40+/m1/s1. The summed E-state index contributed by atoms with van der Waals surface area (Å²) in [6.45, 7) is 7.26. The average Bonchev–Trinajstić information content (AvgIpc) is 3.84. The van der Waals surface area contributed by atoms with Crippen LogP contribution in [0, 0.1) is 5.92 Å². The van der Waals surface area contributed by atoms with E-state index in [1.165, 1.54) is 5.19 Å². The zero-order valence-electron chi connectivity index (χ0n) is 32.0. The van der Waals surface area contributed by atoms with Gasteiger partial charge in [0, 0.05) is 48.0 Å². The van der Waals surface area contributed by atoms with Gasteiger partial charge in [0.05, 0.1) is 39.2 Å². The third-order valence-corrected chi connectivity index (χ3v) is 16.4. The summed E-state index contributed by atoms with van der Waals surface area (Å²) < 4.78 is 19.5. The highest BCUT2D eigenvalue weighted by atomic mass is 35.5. The van der Waals surface area contributed by atoms with Gasteiger partial charge >= 0.3 is 0 Å². The Morgan fingerprint density at radius 2 is 1.79 bits per heavy atom. The first kappa shape index (κ1) is 40.9. The summed E-state index contributed by atoms with van der Waals surface area (Å²) >= 11 is 6.68. The topological polar surface area (TPSA) is 209 Å². The van der Waals surface area contributed by atoms with E-state index >= 15 is 4.79 Å². The number of aryl methyl sites for hydroxylation is 1. The molecule has 0 radical (unpaired) electrons. The average molecular weight is 822 g/mol. The number of ether oxygens (including phenoxy) is 3. The van der Waals surface area contributed by atoms with E-state index in [1.807, 2.05) is 36.5 Å². The third kappa shape index (κ3) is 7.50. The zero-order chi connectivity index (χ0) is 40.8.